The molecule has 0 saturated carbocycles. The summed E-state index contributed by atoms with van der Waals surface area (Å²) in [6.07, 6.45) is 4.02. The van der Waals surface area contributed by atoms with Gasteiger partial charge in [0.1, 0.15) is 0 Å². The highest BCUT2D eigenvalue weighted by Gasteiger charge is 2.19. The summed E-state index contributed by atoms with van der Waals surface area (Å²) in [6, 6.07) is 3.42. The van der Waals surface area contributed by atoms with Crippen LogP contribution in [0.1, 0.15) is 18.2 Å². The summed E-state index contributed by atoms with van der Waals surface area (Å²) in [5.41, 5.74) is 2.18. The number of hydrogen-bond acceptors (Lipinski definition) is 6. The van der Waals surface area contributed by atoms with Crippen LogP contribution in [0, 0.1) is 0 Å². The van der Waals surface area contributed by atoms with Gasteiger partial charge in [-0.1, -0.05) is 6.92 Å². The van der Waals surface area contributed by atoms with E-state index in [1.165, 1.54) is 17.5 Å². The Labute approximate surface area is 122 Å². The van der Waals surface area contributed by atoms with Gasteiger partial charge < -0.3 is 5.32 Å². The predicted octanol–water partition coefficient (Wildman–Crippen LogP) is 1.84. The first-order valence-corrected chi connectivity index (χ1v) is 8.55. The molecule has 0 radical (unpaired) electrons. The van der Waals surface area contributed by atoms with Crippen molar-refractivity contribution in [3.63, 3.8) is 0 Å². The van der Waals surface area contributed by atoms with Crippen molar-refractivity contribution in [2.75, 3.05) is 11.9 Å². The molecule has 0 aliphatic heterocycles. The Morgan fingerprint density at radius 1 is 1.40 bits per heavy atom. The number of rotatable bonds is 7. The van der Waals surface area contributed by atoms with Crippen LogP contribution in [0.5, 0.6) is 0 Å². The summed E-state index contributed by atoms with van der Waals surface area (Å²) in [6.45, 7) is 2.93. The van der Waals surface area contributed by atoms with Gasteiger partial charge in [0.2, 0.25) is 0 Å². The number of nitrogens with one attached hydrogen (secondary N) is 2. The molecule has 0 spiro atoms. The Hall–Kier alpha value is -1.51. The molecule has 0 aliphatic carbocycles. The molecule has 2 heterocycles. The van der Waals surface area contributed by atoms with Crippen LogP contribution >= 0.6 is 11.3 Å². The van der Waals surface area contributed by atoms with Gasteiger partial charge in [0, 0.05) is 30.4 Å². The van der Waals surface area contributed by atoms with Crippen LogP contribution in [-0.2, 0) is 16.6 Å². The predicted molar refractivity (Wildman–Crippen MR) is 79.2 cm³/mol. The van der Waals surface area contributed by atoms with Gasteiger partial charge in [0.25, 0.3) is 10.0 Å². The van der Waals surface area contributed by atoms with E-state index in [0.29, 0.717) is 12.2 Å². The van der Waals surface area contributed by atoms with Gasteiger partial charge >= 0.3 is 0 Å². The van der Waals surface area contributed by atoms with E-state index in [2.05, 4.69) is 20.0 Å². The average molecular weight is 312 g/mol. The van der Waals surface area contributed by atoms with Gasteiger partial charge in [-0.2, -0.15) is 0 Å². The first kappa shape index (κ1) is 14.9. The molecule has 0 unspecified atom stereocenters. The van der Waals surface area contributed by atoms with E-state index < -0.39 is 10.0 Å². The smallest absolute Gasteiger partial charge is 0.260 e. The summed E-state index contributed by atoms with van der Waals surface area (Å²) >= 11 is 1.40. The topological polar surface area (TPSA) is 84.0 Å². The van der Waals surface area contributed by atoms with E-state index >= 15 is 0 Å². The summed E-state index contributed by atoms with van der Waals surface area (Å²) in [5, 5.41) is 3.10. The van der Waals surface area contributed by atoms with Crippen molar-refractivity contribution in [2.45, 2.75) is 24.9 Å². The van der Waals surface area contributed by atoms with E-state index in [-0.39, 0.29) is 11.6 Å². The summed E-state index contributed by atoms with van der Waals surface area (Å²) < 4.78 is 27.1. The second-order valence-corrected chi connectivity index (χ2v) is 6.73. The molecule has 0 aliphatic rings. The molecule has 0 amide bonds. The average Bonchev–Trinajstić information content (AvgIpc) is 2.97. The van der Waals surface area contributed by atoms with E-state index in [1.807, 2.05) is 6.92 Å². The summed E-state index contributed by atoms with van der Waals surface area (Å²) in [7, 11) is -3.64. The van der Waals surface area contributed by atoms with E-state index in [4.69, 9.17) is 0 Å². The zero-order valence-corrected chi connectivity index (χ0v) is 12.7. The fourth-order valence-corrected chi connectivity index (χ4v) is 3.30. The Balaban J connectivity index is 2.16. The van der Waals surface area contributed by atoms with Crippen molar-refractivity contribution in [1.82, 2.24) is 14.7 Å². The monoisotopic (exact) mass is 312 g/mol. The molecule has 20 heavy (non-hydrogen) atoms. The van der Waals surface area contributed by atoms with Crippen LogP contribution in [0.4, 0.5) is 5.69 Å². The molecule has 2 aromatic heterocycles. The third-order valence-electron chi connectivity index (χ3n) is 2.51. The van der Waals surface area contributed by atoms with Gasteiger partial charge in [0.05, 0.1) is 11.2 Å². The first-order valence-electron chi connectivity index (χ1n) is 6.19. The van der Waals surface area contributed by atoms with E-state index in [0.717, 1.165) is 11.3 Å². The quantitative estimate of drug-likeness (QED) is 0.815. The lowest BCUT2D eigenvalue weighted by Crippen LogP contribution is -2.25. The lowest BCUT2D eigenvalue weighted by molar-refractivity contribution is 0.578. The van der Waals surface area contributed by atoms with Crippen molar-refractivity contribution in [1.29, 1.82) is 0 Å². The normalized spacial score (nSPS) is 11.4. The zero-order chi connectivity index (χ0) is 14.4. The summed E-state index contributed by atoms with van der Waals surface area (Å²) in [4.78, 5) is 8.74. The molecule has 6 nitrogen and oxygen atoms in total. The van der Waals surface area contributed by atoms with Gasteiger partial charge in [-0.3, -0.25) is 4.98 Å². The van der Waals surface area contributed by atoms with Gasteiger partial charge in [-0.15, -0.1) is 11.3 Å². The molecule has 2 rings (SSSR count). The SMILES string of the molecule is CCCNc1cccnc1S(=O)(=O)NCc1cncs1. The number of pyridine rings is 1. The molecule has 108 valence electrons. The largest absolute Gasteiger partial charge is 0.383 e. The van der Waals surface area contributed by atoms with E-state index in [1.54, 1.807) is 23.8 Å². The van der Waals surface area contributed by atoms with E-state index in [9.17, 15) is 8.42 Å². The van der Waals surface area contributed by atoms with Crippen LogP contribution in [0.3, 0.4) is 0 Å². The second kappa shape index (κ2) is 6.78. The minimum atomic E-state index is -3.64. The van der Waals surface area contributed by atoms with Crippen molar-refractivity contribution in [2.24, 2.45) is 0 Å². The molecule has 2 aromatic rings. The highest BCUT2D eigenvalue weighted by molar-refractivity contribution is 7.89. The molecule has 0 aromatic carbocycles. The van der Waals surface area contributed by atoms with Crippen LogP contribution in [0.25, 0.3) is 0 Å². The molecule has 0 atom stereocenters. The molecule has 0 fully saturated rings. The number of thiazole rings is 1. The fourth-order valence-electron chi connectivity index (χ4n) is 1.56. The maximum Gasteiger partial charge on any atom is 0.260 e. The fraction of sp³-hybridized carbons (Fsp3) is 0.333. The molecule has 2 N–H and O–H groups in total. The lowest BCUT2D eigenvalue weighted by atomic mass is 10.4. The van der Waals surface area contributed by atoms with Crippen LogP contribution in [-0.4, -0.2) is 24.9 Å². The van der Waals surface area contributed by atoms with Gasteiger partial charge in [0.15, 0.2) is 5.03 Å². The first-order chi connectivity index (χ1) is 9.63. The number of hydrogen-bond donors (Lipinski definition) is 2. The van der Waals surface area contributed by atoms with Crippen molar-refractivity contribution in [3.8, 4) is 0 Å². The number of anilines is 1. The highest BCUT2D eigenvalue weighted by atomic mass is 32.2. The molecule has 0 bridgehead atoms. The third kappa shape index (κ3) is 3.75. The standard InChI is InChI=1S/C12H16N4O2S2/c1-2-5-14-11-4-3-6-15-12(11)20(17,18)16-8-10-7-13-9-19-10/h3-4,6-7,9,14,16H,2,5,8H2,1H3. The number of nitrogens with zero attached hydrogens (tertiary/aromatic N) is 2. The van der Waals surface area contributed by atoms with Crippen molar-refractivity contribution >= 4 is 27.0 Å². The highest BCUT2D eigenvalue weighted by Crippen LogP contribution is 2.18. The Morgan fingerprint density at radius 2 is 2.25 bits per heavy atom. The maximum absolute atomic E-state index is 12.3. The number of sulfonamides is 1. The molecular formula is C12H16N4O2S2. The summed E-state index contributed by atoms with van der Waals surface area (Å²) in [5.74, 6) is 0. The minimum absolute atomic E-state index is 0.0259. The van der Waals surface area contributed by atoms with Crippen molar-refractivity contribution in [3.05, 3.63) is 34.9 Å². The number of aromatic nitrogens is 2. The Kier molecular flexibility index (Phi) is 5.05. The molecular weight excluding hydrogens is 296 g/mol. The van der Waals surface area contributed by atoms with Crippen LogP contribution in [0.15, 0.2) is 35.1 Å². The molecule has 0 saturated heterocycles. The second-order valence-electron chi connectivity index (χ2n) is 4.08. The zero-order valence-electron chi connectivity index (χ0n) is 11.0. The maximum atomic E-state index is 12.3. The van der Waals surface area contributed by atoms with Gasteiger partial charge in [-0.05, 0) is 18.6 Å². The van der Waals surface area contributed by atoms with Gasteiger partial charge in [-0.25, -0.2) is 18.1 Å². The Morgan fingerprint density at radius 3 is 2.95 bits per heavy atom. The Bertz CT molecular complexity index is 641. The van der Waals surface area contributed by atoms with Crippen LogP contribution < -0.4 is 10.0 Å². The van der Waals surface area contributed by atoms with Crippen LogP contribution in [0.2, 0.25) is 0 Å². The third-order valence-corrected chi connectivity index (χ3v) is 4.65. The van der Waals surface area contributed by atoms with Crippen molar-refractivity contribution < 1.29 is 8.42 Å². The lowest BCUT2D eigenvalue weighted by Gasteiger charge is -2.11. The molecule has 8 heteroatoms. The minimum Gasteiger partial charge on any atom is -0.383 e.